The number of hydrogen-bond donors (Lipinski definition) is 0. The van der Waals surface area contributed by atoms with Crippen LogP contribution in [0.15, 0.2) is 24.9 Å². The van der Waals surface area contributed by atoms with Crippen molar-refractivity contribution < 1.29 is 4.58 Å². The van der Waals surface area contributed by atoms with E-state index >= 15 is 0 Å². The lowest BCUT2D eigenvalue weighted by Crippen LogP contribution is -2.07. The number of rotatable bonds is 9. The van der Waals surface area contributed by atoms with Gasteiger partial charge in [-0.15, -0.1) is 6.58 Å². The van der Waals surface area contributed by atoms with Crippen LogP contribution in [0.25, 0.3) is 0 Å². The molecule has 0 bridgehead atoms. The summed E-state index contributed by atoms with van der Waals surface area (Å²) >= 11 is 0. The molecule has 1 nitrogen and oxygen atoms in total. The van der Waals surface area contributed by atoms with Crippen molar-refractivity contribution in [3.63, 3.8) is 0 Å². The lowest BCUT2D eigenvalue weighted by Gasteiger charge is -1.99. The van der Waals surface area contributed by atoms with Gasteiger partial charge in [-0.1, -0.05) is 33.3 Å². The molecule has 0 heterocycles. The molecule has 0 rings (SSSR count). The van der Waals surface area contributed by atoms with Gasteiger partial charge >= 0.3 is 0 Å². The molecule has 1 unspecified atom stereocenters. The van der Waals surface area contributed by atoms with Gasteiger partial charge in [-0.25, -0.2) is 4.58 Å². The molecule has 1 heteroatoms. The summed E-state index contributed by atoms with van der Waals surface area (Å²) in [7, 11) is 0. The molecular weight excluding hydrogens is 194 g/mol. The molecule has 0 aliphatic rings. The second-order valence-electron chi connectivity index (χ2n) is 4.40. The SMILES string of the molecule is C=CC(C)C/C=C/[N+](=CCCCC)CCC. The molecule has 0 aromatic heterocycles. The first-order valence-electron chi connectivity index (χ1n) is 6.62. The zero-order chi connectivity index (χ0) is 12.2. The van der Waals surface area contributed by atoms with Crippen LogP contribution in [0.4, 0.5) is 0 Å². The molecule has 92 valence electrons. The van der Waals surface area contributed by atoms with Crippen molar-refractivity contribution in [2.45, 2.75) is 52.9 Å². The third kappa shape index (κ3) is 8.46. The number of unbranched alkanes of at least 4 members (excludes halogenated alkanes) is 2. The minimum Gasteiger partial charge on any atom is -0.209 e. The molecule has 16 heavy (non-hydrogen) atoms. The second-order valence-corrected chi connectivity index (χ2v) is 4.40. The molecule has 0 saturated carbocycles. The molecule has 0 N–H and O–H groups in total. The summed E-state index contributed by atoms with van der Waals surface area (Å²) in [5, 5.41) is 0. The summed E-state index contributed by atoms with van der Waals surface area (Å²) in [4.78, 5) is 0. The Balaban J connectivity index is 4.09. The maximum Gasteiger partial charge on any atom is 0.164 e. The van der Waals surface area contributed by atoms with Gasteiger partial charge in [-0.3, -0.25) is 0 Å². The van der Waals surface area contributed by atoms with Crippen molar-refractivity contribution in [1.29, 1.82) is 0 Å². The van der Waals surface area contributed by atoms with Gasteiger partial charge in [0, 0.05) is 12.8 Å². The molecule has 0 aromatic carbocycles. The fourth-order valence-electron chi connectivity index (χ4n) is 1.45. The summed E-state index contributed by atoms with van der Waals surface area (Å²) in [6, 6.07) is 0. The Kier molecular flexibility index (Phi) is 10.1. The van der Waals surface area contributed by atoms with Crippen LogP contribution < -0.4 is 0 Å². The smallest absolute Gasteiger partial charge is 0.164 e. The molecule has 0 aromatic rings. The molecular formula is C15H28N+. The fraction of sp³-hybridized carbons (Fsp3) is 0.667. The van der Waals surface area contributed by atoms with Gasteiger partial charge in [0.25, 0.3) is 0 Å². The van der Waals surface area contributed by atoms with E-state index in [2.05, 4.69) is 50.4 Å². The van der Waals surface area contributed by atoms with Gasteiger partial charge in [0.05, 0.1) is 0 Å². The summed E-state index contributed by atoms with van der Waals surface area (Å²) in [6.45, 7) is 11.6. The third-order valence-electron chi connectivity index (χ3n) is 2.61. The van der Waals surface area contributed by atoms with Crippen molar-refractivity contribution in [3.05, 3.63) is 24.9 Å². The minimum absolute atomic E-state index is 0.579. The van der Waals surface area contributed by atoms with Crippen molar-refractivity contribution in [2.24, 2.45) is 5.92 Å². The van der Waals surface area contributed by atoms with E-state index in [-0.39, 0.29) is 0 Å². The summed E-state index contributed by atoms with van der Waals surface area (Å²) in [5.74, 6) is 0.579. The van der Waals surface area contributed by atoms with Gasteiger partial charge < -0.3 is 0 Å². The first-order chi connectivity index (χ1) is 7.74. The molecule has 0 aliphatic carbocycles. The Hall–Kier alpha value is -0.850. The summed E-state index contributed by atoms with van der Waals surface area (Å²) in [6.07, 6.45) is 14.8. The Bertz CT molecular complexity index is 226. The maximum atomic E-state index is 3.80. The van der Waals surface area contributed by atoms with E-state index in [0.717, 1.165) is 13.0 Å². The molecule has 0 aliphatic heterocycles. The third-order valence-corrected chi connectivity index (χ3v) is 2.61. The monoisotopic (exact) mass is 222 g/mol. The van der Waals surface area contributed by atoms with Gasteiger partial charge in [0.1, 0.15) is 12.8 Å². The quantitative estimate of drug-likeness (QED) is 0.235. The average molecular weight is 222 g/mol. The van der Waals surface area contributed by atoms with Gasteiger partial charge in [0.2, 0.25) is 0 Å². The van der Waals surface area contributed by atoms with E-state index in [1.54, 1.807) is 0 Å². The summed E-state index contributed by atoms with van der Waals surface area (Å²) < 4.78 is 2.32. The summed E-state index contributed by atoms with van der Waals surface area (Å²) in [5.41, 5.74) is 0. The van der Waals surface area contributed by atoms with E-state index in [1.807, 2.05) is 6.08 Å². The van der Waals surface area contributed by atoms with Crippen LogP contribution >= 0.6 is 0 Å². The predicted molar refractivity (Wildman–Crippen MR) is 74.1 cm³/mol. The number of hydrogen-bond acceptors (Lipinski definition) is 0. The minimum atomic E-state index is 0.579. The van der Waals surface area contributed by atoms with E-state index in [0.29, 0.717) is 5.92 Å². The van der Waals surface area contributed by atoms with E-state index in [4.69, 9.17) is 0 Å². The van der Waals surface area contributed by atoms with Crippen LogP contribution in [0.1, 0.15) is 52.9 Å². The number of nitrogens with zero attached hydrogens (tertiary/aromatic N) is 1. The van der Waals surface area contributed by atoms with Crippen LogP contribution in [0.2, 0.25) is 0 Å². The normalized spacial score (nSPS) is 14.3. The maximum absolute atomic E-state index is 3.80. The van der Waals surface area contributed by atoms with Crippen LogP contribution in [-0.2, 0) is 0 Å². The highest BCUT2D eigenvalue weighted by Crippen LogP contribution is 2.03. The largest absolute Gasteiger partial charge is 0.209 e. The van der Waals surface area contributed by atoms with Crippen molar-refractivity contribution in [3.8, 4) is 0 Å². The molecule has 0 saturated heterocycles. The predicted octanol–water partition coefficient (Wildman–Crippen LogP) is 4.40. The Morgan fingerprint density at radius 1 is 1.25 bits per heavy atom. The van der Waals surface area contributed by atoms with Gasteiger partial charge in [0.15, 0.2) is 6.20 Å². The van der Waals surface area contributed by atoms with Crippen molar-refractivity contribution in [1.82, 2.24) is 0 Å². The first kappa shape index (κ1) is 15.2. The number of allylic oxidation sites excluding steroid dienone is 2. The first-order valence-corrected chi connectivity index (χ1v) is 6.62. The van der Waals surface area contributed by atoms with Crippen LogP contribution in [0, 0.1) is 5.92 Å². The zero-order valence-corrected chi connectivity index (χ0v) is 11.3. The highest BCUT2D eigenvalue weighted by atomic mass is 15.0. The molecule has 0 amide bonds. The highest BCUT2D eigenvalue weighted by Gasteiger charge is 1.98. The Morgan fingerprint density at radius 3 is 2.56 bits per heavy atom. The van der Waals surface area contributed by atoms with Crippen LogP contribution in [-0.4, -0.2) is 17.3 Å². The van der Waals surface area contributed by atoms with Gasteiger partial charge in [-0.05, 0) is 24.8 Å². The molecule has 0 spiro atoms. The molecule has 1 atom stereocenters. The Morgan fingerprint density at radius 2 is 2.00 bits per heavy atom. The van der Waals surface area contributed by atoms with Gasteiger partial charge in [-0.2, -0.15) is 0 Å². The lowest BCUT2D eigenvalue weighted by atomic mass is 10.1. The molecule has 0 radical (unpaired) electrons. The Labute approximate surface area is 102 Å². The lowest BCUT2D eigenvalue weighted by molar-refractivity contribution is -0.453. The average Bonchev–Trinajstić information content (AvgIpc) is 2.29. The standard InChI is InChI=1S/C15H28N/c1-5-8-9-13-16(12-6-2)14-10-11-15(4)7-3/h7,10,13-15H,3,5-6,8-9,11-12H2,1-2,4H3/q+1/b14-10+,16-13?. The van der Waals surface area contributed by atoms with Crippen LogP contribution in [0.5, 0.6) is 0 Å². The second kappa shape index (κ2) is 10.7. The van der Waals surface area contributed by atoms with E-state index in [1.165, 1.54) is 25.7 Å². The molecule has 0 fully saturated rings. The highest BCUT2D eigenvalue weighted by molar-refractivity contribution is 5.51. The fourth-order valence-corrected chi connectivity index (χ4v) is 1.45. The van der Waals surface area contributed by atoms with E-state index in [9.17, 15) is 0 Å². The van der Waals surface area contributed by atoms with Crippen molar-refractivity contribution >= 4 is 6.21 Å². The van der Waals surface area contributed by atoms with Crippen molar-refractivity contribution in [2.75, 3.05) is 6.54 Å². The zero-order valence-electron chi connectivity index (χ0n) is 11.3. The van der Waals surface area contributed by atoms with E-state index < -0.39 is 0 Å². The topological polar surface area (TPSA) is 3.01 Å². The van der Waals surface area contributed by atoms with Crippen LogP contribution in [0.3, 0.4) is 0 Å².